The van der Waals surface area contributed by atoms with E-state index >= 15 is 0 Å². The summed E-state index contributed by atoms with van der Waals surface area (Å²) in [6.45, 7) is 4.00. The molecule has 0 spiro atoms. The largest absolute Gasteiger partial charge is 0.297 e. The normalized spacial score (nSPS) is 10.1. The zero-order valence-electron chi connectivity index (χ0n) is 10.5. The van der Waals surface area contributed by atoms with Gasteiger partial charge in [-0.25, -0.2) is 15.0 Å². The summed E-state index contributed by atoms with van der Waals surface area (Å²) in [6.07, 6.45) is 3.46. The molecule has 0 aliphatic heterocycles. The summed E-state index contributed by atoms with van der Waals surface area (Å²) < 4.78 is 1.86. The summed E-state index contributed by atoms with van der Waals surface area (Å²) in [5.41, 5.74) is 2.13. The molecule has 3 aromatic rings. The van der Waals surface area contributed by atoms with Gasteiger partial charge in [0.2, 0.25) is 5.28 Å². The first-order chi connectivity index (χ1) is 9.25. The van der Waals surface area contributed by atoms with Crippen LogP contribution in [0.4, 0.5) is 0 Å². The number of rotatable bonds is 1. The summed E-state index contributed by atoms with van der Waals surface area (Å²) >= 11 is 11.9. The van der Waals surface area contributed by atoms with Crippen LogP contribution in [0, 0.1) is 0 Å². The molecule has 19 heavy (non-hydrogen) atoms. The maximum atomic E-state index is 6.12. The van der Waals surface area contributed by atoms with E-state index in [9.17, 15) is 0 Å². The number of aromatic nitrogens is 4. The molecule has 0 bridgehead atoms. The highest BCUT2D eigenvalue weighted by molar-refractivity contribution is 6.32. The summed E-state index contributed by atoms with van der Waals surface area (Å²) in [5.74, 6) is 0. The zero-order chi connectivity index (χ0) is 13.8. The SMILES string of the molecule is CC.Clc1nccc(-c2c(Cl)nc3ccccn23)n1. The van der Waals surface area contributed by atoms with Crippen molar-refractivity contribution < 1.29 is 0 Å². The van der Waals surface area contributed by atoms with Crippen LogP contribution in [0.25, 0.3) is 17.0 Å². The molecule has 0 aliphatic rings. The third-order valence-corrected chi connectivity index (χ3v) is 2.80. The second kappa shape index (κ2) is 5.99. The monoisotopic (exact) mass is 294 g/mol. The van der Waals surface area contributed by atoms with E-state index < -0.39 is 0 Å². The smallest absolute Gasteiger partial charge is 0.222 e. The van der Waals surface area contributed by atoms with Gasteiger partial charge in [0, 0.05) is 12.4 Å². The minimum absolute atomic E-state index is 0.185. The van der Waals surface area contributed by atoms with Crippen molar-refractivity contribution in [3.8, 4) is 11.4 Å². The molecule has 0 aliphatic carbocycles. The maximum absolute atomic E-state index is 6.12. The molecule has 0 saturated carbocycles. The third kappa shape index (κ3) is 2.69. The lowest BCUT2D eigenvalue weighted by atomic mass is 10.3. The van der Waals surface area contributed by atoms with Crippen LogP contribution in [0.15, 0.2) is 36.7 Å². The van der Waals surface area contributed by atoms with E-state index in [-0.39, 0.29) is 5.28 Å². The first-order valence-electron chi connectivity index (χ1n) is 5.87. The first-order valence-corrected chi connectivity index (χ1v) is 6.63. The van der Waals surface area contributed by atoms with Gasteiger partial charge in [0.25, 0.3) is 0 Å². The molecule has 0 amide bonds. The molecule has 3 heterocycles. The lowest BCUT2D eigenvalue weighted by molar-refractivity contribution is 1.13. The summed E-state index contributed by atoms with van der Waals surface area (Å²) in [6, 6.07) is 7.42. The summed E-state index contributed by atoms with van der Waals surface area (Å²) in [7, 11) is 0. The fraction of sp³-hybridized carbons (Fsp3) is 0.154. The molecule has 4 nitrogen and oxygen atoms in total. The van der Waals surface area contributed by atoms with E-state index in [1.165, 1.54) is 0 Å². The van der Waals surface area contributed by atoms with Gasteiger partial charge in [-0.1, -0.05) is 31.5 Å². The predicted molar refractivity (Wildman–Crippen MR) is 77.6 cm³/mol. The van der Waals surface area contributed by atoms with Gasteiger partial charge in [-0.15, -0.1) is 0 Å². The second-order valence-corrected chi connectivity index (χ2v) is 4.09. The van der Waals surface area contributed by atoms with E-state index in [4.69, 9.17) is 23.2 Å². The van der Waals surface area contributed by atoms with E-state index in [1.54, 1.807) is 12.3 Å². The van der Waals surface area contributed by atoms with Gasteiger partial charge < -0.3 is 0 Å². The van der Waals surface area contributed by atoms with Crippen molar-refractivity contribution in [2.45, 2.75) is 13.8 Å². The summed E-state index contributed by atoms with van der Waals surface area (Å²) in [5, 5.41) is 0.579. The van der Waals surface area contributed by atoms with Crippen molar-refractivity contribution in [1.82, 2.24) is 19.4 Å². The molecule has 6 heteroatoms. The fourth-order valence-electron chi connectivity index (χ4n) is 1.66. The lowest BCUT2D eigenvalue weighted by Crippen LogP contribution is -1.91. The number of hydrogen-bond acceptors (Lipinski definition) is 3. The van der Waals surface area contributed by atoms with E-state index in [0.29, 0.717) is 16.5 Å². The van der Waals surface area contributed by atoms with Gasteiger partial charge in [0.05, 0.1) is 5.69 Å². The zero-order valence-corrected chi connectivity index (χ0v) is 12.0. The standard InChI is InChI=1S/C11H6Cl2N4.C2H6/c12-10-9(7-4-5-14-11(13)15-7)17-6-2-1-3-8(17)16-10;1-2/h1-6H;1-2H3. The van der Waals surface area contributed by atoms with Crippen LogP contribution < -0.4 is 0 Å². The van der Waals surface area contributed by atoms with E-state index in [2.05, 4.69) is 15.0 Å². The highest BCUT2D eigenvalue weighted by Crippen LogP contribution is 2.27. The molecule has 98 valence electrons. The van der Waals surface area contributed by atoms with Crippen LogP contribution >= 0.6 is 23.2 Å². The molecular weight excluding hydrogens is 283 g/mol. The molecular formula is C13H12Cl2N4. The van der Waals surface area contributed by atoms with Crippen LogP contribution in [-0.2, 0) is 0 Å². The van der Waals surface area contributed by atoms with Crippen molar-refractivity contribution in [2.75, 3.05) is 0 Å². The third-order valence-electron chi connectivity index (χ3n) is 2.36. The van der Waals surface area contributed by atoms with Gasteiger partial charge in [-0.2, -0.15) is 0 Å². The van der Waals surface area contributed by atoms with Crippen LogP contribution in [0.3, 0.4) is 0 Å². The summed E-state index contributed by atoms with van der Waals surface area (Å²) in [4.78, 5) is 12.2. The Kier molecular flexibility index (Phi) is 4.35. The Bertz CT molecular complexity index is 694. The number of pyridine rings is 1. The Morgan fingerprint density at radius 3 is 2.58 bits per heavy atom. The maximum Gasteiger partial charge on any atom is 0.222 e. The van der Waals surface area contributed by atoms with Gasteiger partial charge in [0.15, 0.2) is 5.15 Å². The first kappa shape index (κ1) is 13.8. The highest BCUT2D eigenvalue weighted by Gasteiger charge is 2.13. The van der Waals surface area contributed by atoms with Gasteiger partial charge in [-0.3, -0.25) is 4.40 Å². The molecule has 0 radical (unpaired) electrons. The number of nitrogens with zero attached hydrogens (tertiary/aromatic N) is 4. The van der Waals surface area contributed by atoms with Crippen molar-refractivity contribution in [3.63, 3.8) is 0 Å². The van der Waals surface area contributed by atoms with Gasteiger partial charge in [-0.05, 0) is 29.8 Å². The molecule has 0 aromatic carbocycles. The average Bonchev–Trinajstić information content (AvgIpc) is 2.77. The molecule has 0 atom stereocenters. The Morgan fingerprint density at radius 2 is 1.84 bits per heavy atom. The molecule has 0 unspecified atom stereocenters. The Hall–Kier alpha value is -1.65. The van der Waals surface area contributed by atoms with Crippen LogP contribution in [0.1, 0.15) is 13.8 Å². The highest BCUT2D eigenvalue weighted by atomic mass is 35.5. The number of halogens is 2. The van der Waals surface area contributed by atoms with Crippen LogP contribution in [-0.4, -0.2) is 19.4 Å². The Labute approximate surface area is 121 Å². The second-order valence-electron chi connectivity index (χ2n) is 3.39. The number of imidazole rings is 1. The molecule has 0 fully saturated rings. The molecule has 3 rings (SSSR count). The Balaban J connectivity index is 0.000000637. The van der Waals surface area contributed by atoms with Crippen molar-refractivity contribution in [2.24, 2.45) is 0 Å². The molecule has 0 N–H and O–H groups in total. The average molecular weight is 295 g/mol. The van der Waals surface area contributed by atoms with Crippen LogP contribution in [0.5, 0.6) is 0 Å². The Morgan fingerprint density at radius 1 is 1.05 bits per heavy atom. The molecule has 0 saturated heterocycles. The molecule has 3 aromatic heterocycles. The predicted octanol–water partition coefficient (Wildman–Crippen LogP) is 4.12. The van der Waals surface area contributed by atoms with E-state index in [1.807, 2.05) is 42.6 Å². The lowest BCUT2D eigenvalue weighted by Gasteiger charge is -2.01. The van der Waals surface area contributed by atoms with Crippen molar-refractivity contribution >= 4 is 28.8 Å². The van der Waals surface area contributed by atoms with Gasteiger partial charge >= 0.3 is 0 Å². The quantitative estimate of drug-likeness (QED) is 0.634. The minimum atomic E-state index is 0.185. The van der Waals surface area contributed by atoms with E-state index in [0.717, 1.165) is 5.65 Å². The topological polar surface area (TPSA) is 43.1 Å². The fourth-order valence-corrected chi connectivity index (χ4v) is 2.08. The minimum Gasteiger partial charge on any atom is -0.297 e. The van der Waals surface area contributed by atoms with Gasteiger partial charge in [0.1, 0.15) is 11.3 Å². The van der Waals surface area contributed by atoms with Crippen LogP contribution in [0.2, 0.25) is 10.4 Å². The van der Waals surface area contributed by atoms with Crippen molar-refractivity contribution in [1.29, 1.82) is 0 Å². The number of hydrogen-bond donors (Lipinski definition) is 0. The van der Waals surface area contributed by atoms with Crippen molar-refractivity contribution in [3.05, 3.63) is 47.1 Å². The number of fused-ring (bicyclic) bond motifs is 1.